The summed E-state index contributed by atoms with van der Waals surface area (Å²) < 4.78 is 5.38. The standard InChI is InChI=1S/C18H21ClN4O2/c19-14-5-1-2-6-15(14)20-18(24)23-9-3-4-12(11-23)10-16-21-17(22-25-16)13-7-8-13/h1-2,5-6,12-13H,3-4,7-11H2,(H,20,24). The van der Waals surface area contributed by atoms with Gasteiger partial charge in [-0.05, 0) is 43.7 Å². The van der Waals surface area contributed by atoms with Crippen molar-refractivity contribution in [1.29, 1.82) is 0 Å². The third kappa shape index (κ3) is 3.95. The number of carbonyl (C=O) groups excluding carboxylic acids is 1. The van der Waals surface area contributed by atoms with Crippen LogP contribution < -0.4 is 5.32 Å². The summed E-state index contributed by atoms with van der Waals surface area (Å²) in [5.74, 6) is 2.39. The summed E-state index contributed by atoms with van der Waals surface area (Å²) in [6, 6.07) is 7.16. The molecule has 132 valence electrons. The van der Waals surface area contributed by atoms with Crippen LogP contribution in [0.5, 0.6) is 0 Å². The summed E-state index contributed by atoms with van der Waals surface area (Å²) in [6.07, 6.45) is 5.10. The van der Waals surface area contributed by atoms with E-state index in [1.807, 2.05) is 17.0 Å². The number of nitrogens with one attached hydrogen (secondary N) is 1. The van der Waals surface area contributed by atoms with E-state index < -0.39 is 0 Å². The van der Waals surface area contributed by atoms with Crippen molar-refractivity contribution in [2.24, 2.45) is 5.92 Å². The maximum atomic E-state index is 12.5. The summed E-state index contributed by atoms with van der Waals surface area (Å²) in [5, 5.41) is 7.51. The monoisotopic (exact) mass is 360 g/mol. The van der Waals surface area contributed by atoms with Crippen molar-refractivity contribution in [3.8, 4) is 0 Å². The van der Waals surface area contributed by atoms with Gasteiger partial charge in [0.25, 0.3) is 0 Å². The Morgan fingerprint density at radius 3 is 2.96 bits per heavy atom. The molecular weight excluding hydrogens is 340 g/mol. The average molecular weight is 361 g/mol. The van der Waals surface area contributed by atoms with Crippen LogP contribution in [0.25, 0.3) is 0 Å². The zero-order valence-corrected chi connectivity index (χ0v) is 14.7. The quantitative estimate of drug-likeness (QED) is 0.891. The molecule has 2 amide bonds. The number of hydrogen-bond acceptors (Lipinski definition) is 4. The predicted molar refractivity (Wildman–Crippen MR) is 94.7 cm³/mol. The van der Waals surface area contributed by atoms with Crippen molar-refractivity contribution in [3.63, 3.8) is 0 Å². The zero-order valence-electron chi connectivity index (χ0n) is 13.9. The first-order chi connectivity index (χ1) is 12.2. The summed E-state index contributed by atoms with van der Waals surface area (Å²) in [5.41, 5.74) is 0.641. The molecule has 2 heterocycles. The third-order valence-electron chi connectivity index (χ3n) is 4.81. The predicted octanol–water partition coefficient (Wildman–Crippen LogP) is 4.09. The Morgan fingerprint density at radius 2 is 2.16 bits per heavy atom. The smallest absolute Gasteiger partial charge is 0.321 e. The van der Waals surface area contributed by atoms with E-state index in [1.54, 1.807) is 12.1 Å². The fourth-order valence-electron chi connectivity index (χ4n) is 3.28. The largest absolute Gasteiger partial charge is 0.339 e. The molecule has 2 fully saturated rings. The summed E-state index contributed by atoms with van der Waals surface area (Å²) in [6.45, 7) is 1.45. The lowest BCUT2D eigenvalue weighted by molar-refractivity contribution is 0.173. The normalized spacial score (nSPS) is 20.5. The Bertz CT molecular complexity index is 759. The number of hydrogen-bond donors (Lipinski definition) is 1. The van der Waals surface area contributed by atoms with Crippen LogP contribution in [0, 0.1) is 5.92 Å². The molecule has 1 aliphatic heterocycles. The van der Waals surface area contributed by atoms with E-state index in [2.05, 4.69) is 15.5 Å². The molecule has 6 nitrogen and oxygen atoms in total. The highest BCUT2D eigenvalue weighted by atomic mass is 35.5. The second-order valence-corrected chi connectivity index (χ2v) is 7.30. The van der Waals surface area contributed by atoms with Crippen LogP contribution in [-0.4, -0.2) is 34.2 Å². The lowest BCUT2D eigenvalue weighted by Crippen LogP contribution is -2.42. The molecule has 1 unspecified atom stereocenters. The van der Waals surface area contributed by atoms with Crippen molar-refractivity contribution in [3.05, 3.63) is 41.0 Å². The highest BCUT2D eigenvalue weighted by Gasteiger charge is 2.30. The second-order valence-electron chi connectivity index (χ2n) is 6.89. The molecule has 1 atom stereocenters. The minimum atomic E-state index is -0.109. The number of nitrogens with zero attached hydrogens (tertiary/aromatic N) is 3. The van der Waals surface area contributed by atoms with Crippen LogP contribution in [0.1, 0.15) is 43.3 Å². The SMILES string of the molecule is O=C(Nc1ccccc1Cl)N1CCCC(Cc2nc(C3CC3)no2)C1. The number of benzene rings is 1. The molecule has 2 aromatic rings. The van der Waals surface area contributed by atoms with E-state index in [9.17, 15) is 4.79 Å². The topological polar surface area (TPSA) is 71.3 Å². The first-order valence-corrected chi connectivity index (χ1v) is 9.20. The molecular formula is C18H21ClN4O2. The maximum absolute atomic E-state index is 12.5. The molecule has 1 aromatic carbocycles. The van der Waals surface area contributed by atoms with Gasteiger partial charge in [-0.2, -0.15) is 4.98 Å². The van der Waals surface area contributed by atoms with Crippen LogP contribution in [0.2, 0.25) is 5.02 Å². The fourth-order valence-corrected chi connectivity index (χ4v) is 3.46. The lowest BCUT2D eigenvalue weighted by Gasteiger charge is -2.32. The number of urea groups is 1. The Kier molecular flexibility index (Phi) is 4.61. The zero-order chi connectivity index (χ0) is 17.2. The number of piperidine rings is 1. The number of amides is 2. The van der Waals surface area contributed by atoms with E-state index in [-0.39, 0.29) is 6.03 Å². The Labute approximate surface area is 151 Å². The summed E-state index contributed by atoms with van der Waals surface area (Å²) >= 11 is 6.12. The molecule has 0 bridgehead atoms. The first kappa shape index (κ1) is 16.4. The van der Waals surface area contributed by atoms with Gasteiger partial charge >= 0.3 is 6.03 Å². The molecule has 0 radical (unpaired) electrons. The number of carbonyl (C=O) groups is 1. The van der Waals surface area contributed by atoms with Gasteiger partial charge in [-0.25, -0.2) is 4.79 Å². The van der Waals surface area contributed by atoms with Gasteiger partial charge in [-0.1, -0.05) is 28.9 Å². The van der Waals surface area contributed by atoms with Crippen molar-refractivity contribution < 1.29 is 9.32 Å². The number of likely N-dealkylation sites (tertiary alicyclic amines) is 1. The molecule has 1 saturated heterocycles. The van der Waals surface area contributed by atoms with Gasteiger partial charge in [0.05, 0.1) is 10.7 Å². The van der Waals surface area contributed by atoms with E-state index >= 15 is 0 Å². The molecule has 4 rings (SSSR count). The minimum absolute atomic E-state index is 0.109. The van der Waals surface area contributed by atoms with Gasteiger partial charge in [-0.15, -0.1) is 0 Å². The van der Waals surface area contributed by atoms with Crippen LogP contribution in [-0.2, 0) is 6.42 Å². The molecule has 0 spiro atoms. The van der Waals surface area contributed by atoms with Crippen LogP contribution >= 0.6 is 11.6 Å². The average Bonchev–Trinajstić information content (AvgIpc) is 3.37. The number of rotatable bonds is 4. The number of halogens is 1. The van der Waals surface area contributed by atoms with E-state index in [1.165, 1.54) is 12.8 Å². The number of para-hydroxylation sites is 1. The maximum Gasteiger partial charge on any atom is 0.321 e. The first-order valence-electron chi connectivity index (χ1n) is 8.82. The summed E-state index contributed by atoms with van der Waals surface area (Å²) in [7, 11) is 0. The molecule has 7 heteroatoms. The van der Waals surface area contributed by atoms with Gasteiger partial charge in [0, 0.05) is 25.4 Å². The highest BCUT2D eigenvalue weighted by molar-refractivity contribution is 6.33. The van der Waals surface area contributed by atoms with Crippen LogP contribution in [0.3, 0.4) is 0 Å². The van der Waals surface area contributed by atoms with E-state index in [0.29, 0.717) is 35.0 Å². The molecule has 25 heavy (non-hydrogen) atoms. The lowest BCUT2D eigenvalue weighted by atomic mass is 9.95. The van der Waals surface area contributed by atoms with Gasteiger partial charge in [0.1, 0.15) is 0 Å². The Balaban J connectivity index is 1.35. The molecule has 1 saturated carbocycles. The highest BCUT2D eigenvalue weighted by Crippen LogP contribution is 2.38. The van der Waals surface area contributed by atoms with E-state index in [0.717, 1.165) is 31.6 Å². The van der Waals surface area contributed by atoms with Crippen molar-refractivity contribution in [2.45, 2.75) is 38.0 Å². The van der Waals surface area contributed by atoms with Gasteiger partial charge in [0.15, 0.2) is 5.82 Å². The number of aromatic nitrogens is 2. The van der Waals surface area contributed by atoms with E-state index in [4.69, 9.17) is 16.1 Å². The third-order valence-corrected chi connectivity index (χ3v) is 5.14. The van der Waals surface area contributed by atoms with Gasteiger partial charge in [0.2, 0.25) is 5.89 Å². The minimum Gasteiger partial charge on any atom is -0.339 e. The Morgan fingerprint density at radius 1 is 1.32 bits per heavy atom. The van der Waals surface area contributed by atoms with Crippen molar-refractivity contribution >= 4 is 23.3 Å². The molecule has 2 aliphatic rings. The number of anilines is 1. The fraction of sp³-hybridized carbons (Fsp3) is 0.500. The van der Waals surface area contributed by atoms with Crippen LogP contribution in [0.15, 0.2) is 28.8 Å². The molecule has 1 aliphatic carbocycles. The van der Waals surface area contributed by atoms with Crippen LogP contribution in [0.4, 0.5) is 10.5 Å². The molecule has 1 aromatic heterocycles. The van der Waals surface area contributed by atoms with Crippen molar-refractivity contribution in [1.82, 2.24) is 15.0 Å². The second kappa shape index (κ2) is 7.04. The summed E-state index contributed by atoms with van der Waals surface area (Å²) in [4.78, 5) is 18.9. The van der Waals surface area contributed by atoms with Gasteiger partial charge in [-0.3, -0.25) is 0 Å². The Hall–Kier alpha value is -2.08. The molecule has 1 N–H and O–H groups in total. The van der Waals surface area contributed by atoms with Crippen molar-refractivity contribution in [2.75, 3.05) is 18.4 Å². The van der Waals surface area contributed by atoms with Gasteiger partial charge < -0.3 is 14.7 Å².